The third kappa shape index (κ3) is 5.04. The molecule has 0 heterocycles. The van der Waals surface area contributed by atoms with Crippen LogP contribution in [0.15, 0.2) is 0 Å². The van der Waals surface area contributed by atoms with Crippen LogP contribution in [0, 0.1) is 12.3 Å². The molecule has 0 aliphatic heterocycles. The van der Waals surface area contributed by atoms with E-state index >= 15 is 0 Å². The second-order valence-corrected chi connectivity index (χ2v) is 2.52. The number of hydrogen-bond acceptors (Lipinski definition) is 3. The average molecular weight is 198 g/mol. The molecule has 0 atom stereocenters. The van der Waals surface area contributed by atoms with Gasteiger partial charge in [-0.15, -0.1) is 6.42 Å². The fourth-order valence-corrected chi connectivity index (χ4v) is 0.703. The van der Waals surface area contributed by atoms with Gasteiger partial charge in [-0.05, 0) is 6.92 Å². The summed E-state index contributed by atoms with van der Waals surface area (Å²) in [5, 5.41) is 2.37. The summed E-state index contributed by atoms with van der Waals surface area (Å²) in [6, 6.07) is -0.393. The maximum Gasteiger partial charge on any atom is 0.325 e. The van der Waals surface area contributed by atoms with Crippen LogP contribution in [0.4, 0.5) is 4.79 Å². The number of nitrogens with zero attached hydrogens (tertiary/aromatic N) is 1. The van der Waals surface area contributed by atoms with Crippen LogP contribution >= 0.6 is 0 Å². The minimum absolute atomic E-state index is 0.137. The molecule has 78 valence electrons. The number of carbonyl (C=O) groups is 2. The third-order valence-corrected chi connectivity index (χ3v) is 1.36. The maximum absolute atomic E-state index is 11.2. The molecule has 0 aromatic heterocycles. The van der Waals surface area contributed by atoms with E-state index in [1.54, 1.807) is 14.0 Å². The first-order valence-electron chi connectivity index (χ1n) is 4.19. The van der Waals surface area contributed by atoms with Crippen LogP contribution in [-0.2, 0) is 9.53 Å². The second kappa shape index (κ2) is 6.78. The zero-order valence-corrected chi connectivity index (χ0v) is 8.37. The van der Waals surface area contributed by atoms with E-state index in [1.165, 1.54) is 4.90 Å². The number of ether oxygens (including phenoxy) is 1. The lowest BCUT2D eigenvalue weighted by Crippen LogP contribution is -2.40. The lowest BCUT2D eigenvalue weighted by Gasteiger charge is -2.14. The van der Waals surface area contributed by atoms with Gasteiger partial charge in [0.15, 0.2) is 0 Å². The summed E-state index contributed by atoms with van der Waals surface area (Å²) in [5.41, 5.74) is 0. The largest absolute Gasteiger partial charge is 0.465 e. The minimum atomic E-state index is -0.463. The van der Waals surface area contributed by atoms with Crippen molar-refractivity contribution in [2.75, 3.05) is 26.7 Å². The van der Waals surface area contributed by atoms with Crippen molar-refractivity contribution in [1.29, 1.82) is 0 Å². The summed E-state index contributed by atoms with van der Waals surface area (Å²) < 4.78 is 4.62. The summed E-state index contributed by atoms with van der Waals surface area (Å²) in [7, 11) is 1.54. The van der Waals surface area contributed by atoms with Crippen LogP contribution in [0.5, 0.6) is 0 Å². The molecule has 5 nitrogen and oxygen atoms in total. The van der Waals surface area contributed by atoms with E-state index in [0.29, 0.717) is 6.61 Å². The van der Waals surface area contributed by atoms with Gasteiger partial charge in [0, 0.05) is 7.05 Å². The van der Waals surface area contributed by atoms with Crippen molar-refractivity contribution < 1.29 is 14.3 Å². The summed E-state index contributed by atoms with van der Waals surface area (Å²) in [5.74, 6) is 1.85. The molecule has 0 bridgehead atoms. The number of esters is 1. The van der Waals surface area contributed by atoms with E-state index < -0.39 is 12.0 Å². The van der Waals surface area contributed by atoms with Gasteiger partial charge >= 0.3 is 12.0 Å². The number of terminal acetylenes is 1. The standard InChI is InChI=1S/C9H14N2O3/c1-4-6-11(3)9(13)10-7-8(12)14-5-2/h1H,5-7H2,2-3H3,(H,10,13). The number of urea groups is 1. The van der Waals surface area contributed by atoms with E-state index in [4.69, 9.17) is 6.42 Å². The molecule has 5 heteroatoms. The van der Waals surface area contributed by atoms with E-state index in [-0.39, 0.29) is 13.1 Å². The van der Waals surface area contributed by atoms with Crippen molar-refractivity contribution in [3.8, 4) is 12.3 Å². The molecule has 1 N–H and O–H groups in total. The van der Waals surface area contributed by atoms with Gasteiger partial charge in [-0.2, -0.15) is 0 Å². The molecule has 0 aromatic carbocycles. The first-order valence-corrected chi connectivity index (χ1v) is 4.19. The SMILES string of the molecule is C#CCN(C)C(=O)NCC(=O)OCC. The van der Waals surface area contributed by atoms with Crippen LogP contribution in [0.25, 0.3) is 0 Å². The molecule has 0 unspecified atom stereocenters. The fraction of sp³-hybridized carbons (Fsp3) is 0.556. The highest BCUT2D eigenvalue weighted by Crippen LogP contribution is 1.83. The van der Waals surface area contributed by atoms with Crippen LogP contribution in [-0.4, -0.2) is 43.6 Å². The number of hydrogen-bond donors (Lipinski definition) is 1. The summed E-state index contributed by atoms with van der Waals surface area (Å²) in [4.78, 5) is 23.3. The highest BCUT2D eigenvalue weighted by Gasteiger charge is 2.08. The molecular formula is C9H14N2O3. The van der Waals surface area contributed by atoms with Crippen molar-refractivity contribution in [2.24, 2.45) is 0 Å². The molecule has 0 rings (SSSR count). The molecular weight excluding hydrogens is 184 g/mol. The lowest BCUT2D eigenvalue weighted by molar-refractivity contribution is -0.141. The van der Waals surface area contributed by atoms with Crippen molar-refractivity contribution in [3.05, 3.63) is 0 Å². The van der Waals surface area contributed by atoms with Gasteiger partial charge in [0.25, 0.3) is 0 Å². The normalized spacial score (nSPS) is 8.64. The quantitative estimate of drug-likeness (QED) is 0.503. The third-order valence-electron chi connectivity index (χ3n) is 1.36. The number of rotatable bonds is 4. The Labute approximate surface area is 83.4 Å². The van der Waals surface area contributed by atoms with E-state index in [1.807, 2.05) is 0 Å². The lowest BCUT2D eigenvalue weighted by atomic mass is 10.5. The molecule has 0 aliphatic rings. The maximum atomic E-state index is 11.2. The number of nitrogens with one attached hydrogen (secondary N) is 1. The molecule has 0 radical (unpaired) electrons. The fourth-order valence-electron chi connectivity index (χ4n) is 0.703. The monoisotopic (exact) mass is 198 g/mol. The molecule has 0 saturated heterocycles. The van der Waals surface area contributed by atoms with Crippen LogP contribution in [0.2, 0.25) is 0 Å². The predicted molar refractivity (Wildman–Crippen MR) is 51.5 cm³/mol. The molecule has 0 aliphatic carbocycles. The Morgan fingerprint density at radius 3 is 2.71 bits per heavy atom. The molecule has 2 amide bonds. The van der Waals surface area contributed by atoms with E-state index in [9.17, 15) is 9.59 Å². The Morgan fingerprint density at radius 2 is 2.21 bits per heavy atom. The Balaban J connectivity index is 3.74. The van der Waals surface area contributed by atoms with Crippen molar-refractivity contribution in [3.63, 3.8) is 0 Å². The van der Waals surface area contributed by atoms with Crippen molar-refractivity contribution in [2.45, 2.75) is 6.92 Å². The molecule has 14 heavy (non-hydrogen) atoms. The molecule has 0 aromatic rings. The van der Waals surface area contributed by atoms with Gasteiger partial charge in [-0.1, -0.05) is 5.92 Å². The Bertz CT molecular complexity index is 245. The number of amides is 2. The van der Waals surface area contributed by atoms with Gasteiger partial charge in [0.2, 0.25) is 0 Å². The number of carbonyl (C=O) groups excluding carboxylic acids is 2. The van der Waals surface area contributed by atoms with Gasteiger partial charge in [-0.3, -0.25) is 4.79 Å². The van der Waals surface area contributed by atoms with Crippen LogP contribution in [0.3, 0.4) is 0 Å². The van der Waals surface area contributed by atoms with E-state index in [0.717, 1.165) is 0 Å². The Hall–Kier alpha value is -1.70. The Kier molecular flexibility index (Phi) is 5.95. The first kappa shape index (κ1) is 12.3. The van der Waals surface area contributed by atoms with Gasteiger partial charge in [0.05, 0.1) is 13.2 Å². The first-order chi connectivity index (χ1) is 6.61. The van der Waals surface area contributed by atoms with E-state index in [2.05, 4.69) is 16.0 Å². The minimum Gasteiger partial charge on any atom is -0.465 e. The van der Waals surface area contributed by atoms with Gasteiger partial charge in [0.1, 0.15) is 6.54 Å². The molecule has 0 fully saturated rings. The van der Waals surface area contributed by atoms with Crippen LogP contribution in [0.1, 0.15) is 6.92 Å². The molecule has 0 spiro atoms. The summed E-state index contributed by atoms with van der Waals surface area (Å²) >= 11 is 0. The zero-order valence-electron chi connectivity index (χ0n) is 8.37. The summed E-state index contributed by atoms with van der Waals surface area (Å²) in [6.45, 7) is 2.06. The zero-order chi connectivity index (χ0) is 11.0. The Morgan fingerprint density at radius 1 is 1.57 bits per heavy atom. The highest BCUT2D eigenvalue weighted by atomic mass is 16.5. The average Bonchev–Trinajstić information content (AvgIpc) is 2.15. The molecule has 0 saturated carbocycles. The van der Waals surface area contributed by atoms with Crippen LogP contribution < -0.4 is 5.32 Å². The highest BCUT2D eigenvalue weighted by molar-refractivity contribution is 5.80. The predicted octanol–water partition coefficient (Wildman–Crippen LogP) is -0.176. The topological polar surface area (TPSA) is 58.6 Å². The summed E-state index contributed by atoms with van der Waals surface area (Å²) in [6.07, 6.45) is 5.01. The van der Waals surface area contributed by atoms with Crippen molar-refractivity contribution in [1.82, 2.24) is 10.2 Å². The van der Waals surface area contributed by atoms with Gasteiger partial charge < -0.3 is 15.0 Å². The van der Waals surface area contributed by atoms with Gasteiger partial charge in [-0.25, -0.2) is 4.79 Å². The second-order valence-electron chi connectivity index (χ2n) is 2.52. The smallest absolute Gasteiger partial charge is 0.325 e. The van der Waals surface area contributed by atoms with Crippen molar-refractivity contribution >= 4 is 12.0 Å².